The van der Waals surface area contributed by atoms with Crippen LogP contribution in [0.3, 0.4) is 0 Å². The standard InChI is InChI=1S/C45H70NO7P/c1-3-5-7-9-11-13-15-17-19-20-21-22-23-25-27-29-31-33-35-37-40-50-42-44(43-52-54(48,49)51-41-39-46)53-45(47)38-36-34-32-30-28-26-24-18-16-14-12-10-8-6-4-2/h5-8,11-14,17-19,21-22,24-25,27-28,30-31,33-34,36,44H,3-4,9-10,15-16,20,23,26,29,32,35,37-43,46H2,1-2H3,(H,48,49)/b7-5-,8-6-,13-11-,14-12-,19-17-,22-21-,24-18-,27-25-,30-28-,33-31-,36-34-. The first kappa shape index (κ1) is 50.6. The second-order valence-corrected chi connectivity index (χ2v) is 13.5. The second-order valence-electron chi connectivity index (χ2n) is 12.0. The van der Waals surface area contributed by atoms with E-state index in [9.17, 15) is 14.3 Å². The lowest BCUT2D eigenvalue weighted by molar-refractivity contribution is -0.153. The average Bonchev–Trinajstić information content (AvgIpc) is 3.16. The van der Waals surface area contributed by atoms with Gasteiger partial charge in [-0.2, -0.15) is 0 Å². The van der Waals surface area contributed by atoms with Crippen molar-refractivity contribution in [3.05, 3.63) is 134 Å². The summed E-state index contributed by atoms with van der Waals surface area (Å²) in [6, 6.07) is 0. The minimum absolute atomic E-state index is 0.0258. The van der Waals surface area contributed by atoms with E-state index < -0.39 is 19.9 Å². The van der Waals surface area contributed by atoms with Crippen LogP contribution in [0.5, 0.6) is 0 Å². The number of phosphoric ester groups is 1. The number of hydrogen-bond donors (Lipinski definition) is 2. The van der Waals surface area contributed by atoms with Crippen LogP contribution in [0.1, 0.15) is 104 Å². The molecule has 0 spiro atoms. The van der Waals surface area contributed by atoms with E-state index >= 15 is 0 Å². The predicted molar refractivity (Wildman–Crippen MR) is 228 cm³/mol. The van der Waals surface area contributed by atoms with Gasteiger partial charge in [0.25, 0.3) is 0 Å². The molecule has 0 amide bonds. The zero-order valence-corrected chi connectivity index (χ0v) is 34.0. The Morgan fingerprint density at radius 1 is 0.556 bits per heavy atom. The van der Waals surface area contributed by atoms with E-state index in [-0.39, 0.29) is 32.8 Å². The Bertz CT molecular complexity index is 1270. The topological polar surface area (TPSA) is 117 Å². The number of rotatable bonds is 35. The van der Waals surface area contributed by atoms with Crippen molar-refractivity contribution in [1.29, 1.82) is 0 Å². The summed E-state index contributed by atoms with van der Waals surface area (Å²) in [6.07, 6.45) is 58.0. The molecule has 0 aromatic rings. The van der Waals surface area contributed by atoms with E-state index in [1.807, 2.05) is 12.2 Å². The zero-order chi connectivity index (χ0) is 39.5. The molecule has 2 unspecified atom stereocenters. The molecule has 0 saturated carbocycles. The van der Waals surface area contributed by atoms with E-state index in [4.69, 9.17) is 24.3 Å². The van der Waals surface area contributed by atoms with E-state index in [1.54, 1.807) is 6.08 Å². The number of allylic oxidation sites excluding steroid dienone is 21. The van der Waals surface area contributed by atoms with Crippen LogP contribution in [-0.4, -0.2) is 49.9 Å². The summed E-state index contributed by atoms with van der Waals surface area (Å²) in [6.45, 7) is 4.33. The van der Waals surface area contributed by atoms with Crippen LogP contribution < -0.4 is 5.73 Å². The first-order valence-electron chi connectivity index (χ1n) is 19.7. The Morgan fingerprint density at radius 3 is 1.35 bits per heavy atom. The van der Waals surface area contributed by atoms with Crippen LogP contribution in [0.2, 0.25) is 0 Å². The molecule has 0 radical (unpaired) electrons. The number of ether oxygens (including phenoxy) is 2. The molecule has 302 valence electrons. The van der Waals surface area contributed by atoms with Gasteiger partial charge in [-0.15, -0.1) is 0 Å². The molecule has 0 rings (SSSR count). The van der Waals surface area contributed by atoms with Gasteiger partial charge in [-0.05, 0) is 83.5 Å². The van der Waals surface area contributed by atoms with Crippen molar-refractivity contribution in [2.24, 2.45) is 5.73 Å². The number of carbonyl (C=O) groups is 1. The van der Waals surface area contributed by atoms with Gasteiger partial charge < -0.3 is 20.1 Å². The lowest BCUT2D eigenvalue weighted by Gasteiger charge is -2.19. The van der Waals surface area contributed by atoms with E-state index in [2.05, 4.69) is 129 Å². The summed E-state index contributed by atoms with van der Waals surface area (Å²) in [5.41, 5.74) is 5.34. The highest BCUT2D eigenvalue weighted by atomic mass is 31.2. The maximum atomic E-state index is 12.5. The van der Waals surface area contributed by atoms with E-state index in [0.717, 1.165) is 77.0 Å². The molecule has 0 bridgehead atoms. The number of nitrogens with two attached hydrogens (primary N) is 1. The van der Waals surface area contributed by atoms with Crippen LogP contribution in [0.15, 0.2) is 134 Å². The third-order valence-electron chi connectivity index (χ3n) is 7.10. The molecule has 0 aromatic heterocycles. The molecule has 0 aliphatic heterocycles. The minimum atomic E-state index is -4.33. The minimum Gasteiger partial charge on any atom is -0.457 e. The van der Waals surface area contributed by atoms with Gasteiger partial charge in [0.15, 0.2) is 0 Å². The Hall–Kier alpha value is -3.36. The summed E-state index contributed by atoms with van der Waals surface area (Å²) >= 11 is 0. The van der Waals surface area contributed by atoms with Crippen LogP contribution in [0, 0.1) is 0 Å². The number of esters is 1. The smallest absolute Gasteiger partial charge is 0.457 e. The molecule has 0 aromatic carbocycles. The fourth-order valence-electron chi connectivity index (χ4n) is 4.32. The number of carbonyl (C=O) groups excluding carboxylic acids is 1. The molecule has 0 aliphatic rings. The van der Waals surface area contributed by atoms with Gasteiger partial charge >= 0.3 is 13.8 Å². The van der Waals surface area contributed by atoms with Gasteiger partial charge in [-0.25, -0.2) is 4.57 Å². The maximum Gasteiger partial charge on any atom is 0.472 e. The van der Waals surface area contributed by atoms with E-state index in [1.165, 1.54) is 0 Å². The molecule has 0 fully saturated rings. The van der Waals surface area contributed by atoms with Crippen LogP contribution in [-0.2, 0) is 27.9 Å². The Kier molecular flexibility index (Phi) is 38.3. The van der Waals surface area contributed by atoms with Gasteiger partial charge in [-0.1, -0.05) is 148 Å². The largest absolute Gasteiger partial charge is 0.472 e. The third-order valence-corrected chi connectivity index (χ3v) is 8.08. The highest BCUT2D eigenvalue weighted by Crippen LogP contribution is 2.43. The fourth-order valence-corrected chi connectivity index (χ4v) is 5.09. The van der Waals surface area contributed by atoms with Crippen molar-refractivity contribution < 1.29 is 32.8 Å². The van der Waals surface area contributed by atoms with E-state index in [0.29, 0.717) is 13.0 Å². The van der Waals surface area contributed by atoms with Crippen LogP contribution in [0.4, 0.5) is 0 Å². The summed E-state index contributed by atoms with van der Waals surface area (Å²) in [7, 11) is -4.33. The summed E-state index contributed by atoms with van der Waals surface area (Å²) in [4.78, 5) is 22.3. The van der Waals surface area contributed by atoms with Gasteiger partial charge in [0.2, 0.25) is 0 Å². The monoisotopic (exact) mass is 767 g/mol. The molecular weight excluding hydrogens is 697 g/mol. The zero-order valence-electron chi connectivity index (χ0n) is 33.1. The lowest BCUT2D eigenvalue weighted by atomic mass is 10.2. The number of hydrogen-bond acceptors (Lipinski definition) is 7. The number of phosphoric acid groups is 1. The van der Waals surface area contributed by atoms with Gasteiger partial charge in [0.1, 0.15) is 6.10 Å². The molecule has 2 atom stereocenters. The van der Waals surface area contributed by atoms with Crippen molar-refractivity contribution in [2.75, 3.05) is 33.0 Å². The Balaban J connectivity index is 4.36. The summed E-state index contributed by atoms with van der Waals surface area (Å²) < 4.78 is 33.1. The molecule has 0 aliphatic carbocycles. The predicted octanol–water partition coefficient (Wildman–Crippen LogP) is 11.6. The fraction of sp³-hybridized carbons (Fsp3) is 0.489. The normalized spacial score (nSPS) is 15.0. The molecule has 54 heavy (non-hydrogen) atoms. The summed E-state index contributed by atoms with van der Waals surface area (Å²) in [5, 5.41) is 0. The maximum absolute atomic E-state index is 12.5. The molecule has 3 N–H and O–H groups in total. The first-order valence-corrected chi connectivity index (χ1v) is 21.2. The van der Waals surface area contributed by atoms with Crippen molar-refractivity contribution in [1.82, 2.24) is 0 Å². The van der Waals surface area contributed by atoms with Crippen molar-refractivity contribution in [3.8, 4) is 0 Å². The average molecular weight is 768 g/mol. The highest BCUT2D eigenvalue weighted by Gasteiger charge is 2.25. The third kappa shape index (κ3) is 39.8. The molecule has 9 heteroatoms. The van der Waals surface area contributed by atoms with Crippen molar-refractivity contribution in [3.63, 3.8) is 0 Å². The molecule has 8 nitrogen and oxygen atoms in total. The van der Waals surface area contributed by atoms with Crippen LogP contribution in [0.25, 0.3) is 0 Å². The SMILES string of the molecule is CC/C=C\C/C=C\C/C=C\C/C=C\C/C=C\C/C=C\CCCOCC(COP(=O)(O)OCCN)OC(=O)C/C=C\C/C=C\C/C=C\C/C=C\C/C=C\CC. The molecule has 0 heterocycles. The summed E-state index contributed by atoms with van der Waals surface area (Å²) in [5.74, 6) is -0.484. The lowest BCUT2D eigenvalue weighted by Crippen LogP contribution is -2.28. The molecule has 0 saturated heterocycles. The number of unbranched alkanes of at least 4 members (excludes halogenated alkanes) is 1. The van der Waals surface area contributed by atoms with Crippen molar-refractivity contribution in [2.45, 2.75) is 110 Å². The van der Waals surface area contributed by atoms with Gasteiger partial charge in [0, 0.05) is 13.2 Å². The highest BCUT2D eigenvalue weighted by molar-refractivity contribution is 7.47. The Labute approximate surface area is 328 Å². The first-order chi connectivity index (χ1) is 26.4. The van der Waals surface area contributed by atoms with Crippen molar-refractivity contribution >= 4 is 13.8 Å². The molecular formula is C45H70NO7P. The second kappa shape index (κ2) is 40.8. The van der Waals surface area contributed by atoms with Gasteiger partial charge in [0.05, 0.1) is 26.2 Å². The quantitative estimate of drug-likeness (QED) is 0.0283. The van der Waals surface area contributed by atoms with Gasteiger partial charge in [-0.3, -0.25) is 13.8 Å². The van der Waals surface area contributed by atoms with Crippen LogP contribution >= 0.6 is 7.82 Å². The Morgan fingerprint density at radius 2 is 0.944 bits per heavy atom.